The van der Waals surface area contributed by atoms with Gasteiger partial charge in [-0.1, -0.05) is 30.3 Å². The topological polar surface area (TPSA) is 44.5 Å². The molecule has 1 aliphatic carbocycles. The van der Waals surface area contributed by atoms with Crippen LogP contribution >= 0.6 is 0 Å². The fourth-order valence-corrected chi connectivity index (χ4v) is 3.80. The Hall–Kier alpha value is -2.00. The highest BCUT2D eigenvalue weighted by Gasteiger charge is 2.18. The Labute approximate surface area is 151 Å². The lowest BCUT2D eigenvalue weighted by atomic mass is 9.85. The van der Waals surface area contributed by atoms with Crippen molar-refractivity contribution in [3.05, 3.63) is 58.7 Å². The molecule has 3 rings (SSSR count). The summed E-state index contributed by atoms with van der Waals surface area (Å²) in [7, 11) is 1.69. The third-order valence-electron chi connectivity index (χ3n) is 5.16. The Balaban J connectivity index is 1.88. The molecule has 1 unspecified atom stereocenters. The molecule has 3 heteroatoms. The molecule has 0 amide bonds. The van der Waals surface area contributed by atoms with Crippen LogP contribution in [0.3, 0.4) is 0 Å². The van der Waals surface area contributed by atoms with Crippen molar-refractivity contribution in [2.24, 2.45) is 5.73 Å². The highest BCUT2D eigenvalue weighted by atomic mass is 16.5. The fraction of sp³-hybridized carbons (Fsp3) is 0.455. The lowest BCUT2D eigenvalue weighted by Crippen LogP contribution is -2.17. The Bertz CT molecular complexity index is 711. The number of hydrogen-bond donors (Lipinski definition) is 1. The van der Waals surface area contributed by atoms with Gasteiger partial charge in [0.25, 0.3) is 0 Å². The van der Waals surface area contributed by atoms with Crippen LogP contribution in [-0.2, 0) is 19.3 Å². The van der Waals surface area contributed by atoms with Crippen LogP contribution in [0.25, 0.3) is 0 Å². The smallest absolute Gasteiger partial charge is 0.164 e. The molecule has 2 aromatic rings. The molecule has 0 saturated heterocycles. The Morgan fingerprint density at radius 3 is 2.60 bits per heavy atom. The Morgan fingerprint density at radius 1 is 1.08 bits per heavy atom. The maximum Gasteiger partial charge on any atom is 0.164 e. The van der Waals surface area contributed by atoms with E-state index in [9.17, 15) is 0 Å². The molecule has 134 valence electrons. The lowest BCUT2D eigenvalue weighted by Gasteiger charge is -2.22. The van der Waals surface area contributed by atoms with Crippen molar-refractivity contribution >= 4 is 0 Å². The number of hydrogen-bond acceptors (Lipinski definition) is 3. The van der Waals surface area contributed by atoms with Gasteiger partial charge in [0.15, 0.2) is 11.5 Å². The summed E-state index contributed by atoms with van der Waals surface area (Å²) in [5, 5.41) is 0. The quantitative estimate of drug-likeness (QED) is 0.820. The SMILES string of the molecule is CCOc1c(CC(CN)c2ccc3c(c2)CCCC3)cccc1OC. The van der Waals surface area contributed by atoms with Gasteiger partial charge in [-0.25, -0.2) is 0 Å². The van der Waals surface area contributed by atoms with E-state index >= 15 is 0 Å². The van der Waals surface area contributed by atoms with Crippen LogP contribution in [-0.4, -0.2) is 20.3 Å². The van der Waals surface area contributed by atoms with Gasteiger partial charge in [0.2, 0.25) is 0 Å². The first-order valence-corrected chi connectivity index (χ1v) is 9.37. The molecule has 0 heterocycles. The summed E-state index contributed by atoms with van der Waals surface area (Å²) in [6.45, 7) is 3.25. The van der Waals surface area contributed by atoms with Crippen LogP contribution in [0.4, 0.5) is 0 Å². The van der Waals surface area contributed by atoms with Crippen molar-refractivity contribution in [2.75, 3.05) is 20.3 Å². The van der Waals surface area contributed by atoms with E-state index in [1.165, 1.54) is 42.4 Å². The molecular formula is C22H29NO2. The highest BCUT2D eigenvalue weighted by Crippen LogP contribution is 2.35. The number of rotatable bonds is 7. The van der Waals surface area contributed by atoms with E-state index in [0.29, 0.717) is 19.1 Å². The monoisotopic (exact) mass is 339 g/mol. The minimum atomic E-state index is 0.290. The molecule has 2 N–H and O–H groups in total. The summed E-state index contributed by atoms with van der Waals surface area (Å²) >= 11 is 0. The van der Waals surface area contributed by atoms with E-state index in [1.807, 2.05) is 19.1 Å². The van der Waals surface area contributed by atoms with Crippen LogP contribution in [0, 0.1) is 0 Å². The number of nitrogens with two attached hydrogens (primary N) is 1. The van der Waals surface area contributed by atoms with Crippen LogP contribution in [0.15, 0.2) is 36.4 Å². The number of para-hydroxylation sites is 1. The second kappa shape index (κ2) is 8.39. The molecule has 0 spiro atoms. The number of fused-ring (bicyclic) bond motifs is 1. The first-order valence-electron chi connectivity index (χ1n) is 9.37. The van der Waals surface area contributed by atoms with E-state index in [0.717, 1.165) is 23.5 Å². The first-order chi connectivity index (χ1) is 12.3. The third kappa shape index (κ3) is 3.98. The lowest BCUT2D eigenvalue weighted by molar-refractivity contribution is 0.307. The van der Waals surface area contributed by atoms with Gasteiger partial charge in [0.05, 0.1) is 13.7 Å². The molecule has 1 atom stereocenters. The number of methoxy groups -OCH3 is 1. The number of ether oxygens (including phenoxy) is 2. The van der Waals surface area contributed by atoms with Crippen molar-refractivity contribution in [3.63, 3.8) is 0 Å². The maximum absolute atomic E-state index is 6.15. The van der Waals surface area contributed by atoms with Gasteiger partial charge >= 0.3 is 0 Å². The largest absolute Gasteiger partial charge is 0.493 e. The molecule has 1 aliphatic rings. The van der Waals surface area contributed by atoms with Gasteiger partial charge in [-0.2, -0.15) is 0 Å². The summed E-state index contributed by atoms with van der Waals surface area (Å²) in [4.78, 5) is 0. The van der Waals surface area contributed by atoms with Gasteiger partial charge in [0, 0.05) is 5.92 Å². The van der Waals surface area contributed by atoms with Crippen LogP contribution < -0.4 is 15.2 Å². The van der Waals surface area contributed by atoms with Crippen molar-refractivity contribution < 1.29 is 9.47 Å². The summed E-state index contributed by atoms with van der Waals surface area (Å²) in [5.41, 5.74) is 11.7. The molecular weight excluding hydrogens is 310 g/mol. The summed E-state index contributed by atoms with van der Waals surface area (Å²) in [5.74, 6) is 1.93. The van der Waals surface area contributed by atoms with Crippen molar-refractivity contribution in [3.8, 4) is 11.5 Å². The van der Waals surface area contributed by atoms with E-state index < -0.39 is 0 Å². The zero-order valence-electron chi connectivity index (χ0n) is 15.4. The van der Waals surface area contributed by atoms with Crippen LogP contribution in [0.5, 0.6) is 11.5 Å². The molecule has 3 nitrogen and oxygen atoms in total. The van der Waals surface area contributed by atoms with E-state index in [-0.39, 0.29) is 0 Å². The number of aryl methyl sites for hydroxylation is 2. The zero-order valence-corrected chi connectivity index (χ0v) is 15.4. The second-order valence-corrected chi connectivity index (χ2v) is 6.75. The van der Waals surface area contributed by atoms with Gasteiger partial charge in [0.1, 0.15) is 0 Å². The highest BCUT2D eigenvalue weighted by molar-refractivity contribution is 5.48. The summed E-state index contributed by atoms with van der Waals surface area (Å²) < 4.78 is 11.3. The van der Waals surface area contributed by atoms with Gasteiger partial charge in [-0.15, -0.1) is 0 Å². The molecule has 0 bridgehead atoms. The van der Waals surface area contributed by atoms with Crippen molar-refractivity contribution in [1.82, 2.24) is 0 Å². The molecule has 0 aromatic heterocycles. The average Bonchev–Trinajstić information content (AvgIpc) is 2.66. The molecule has 25 heavy (non-hydrogen) atoms. The van der Waals surface area contributed by atoms with E-state index in [4.69, 9.17) is 15.2 Å². The van der Waals surface area contributed by atoms with E-state index in [2.05, 4.69) is 24.3 Å². The average molecular weight is 339 g/mol. The van der Waals surface area contributed by atoms with Crippen LogP contribution in [0.1, 0.15) is 47.9 Å². The molecule has 0 aliphatic heterocycles. The van der Waals surface area contributed by atoms with Crippen molar-refractivity contribution in [2.45, 2.75) is 44.9 Å². The predicted molar refractivity (Wildman–Crippen MR) is 103 cm³/mol. The molecule has 2 aromatic carbocycles. The normalized spacial score (nSPS) is 14.7. The zero-order chi connectivity index (χ0) is 17.6. The predicted octanol–water partition coefficient (Wildman–Crippen LogP) is 4.26. The third-order valence-corrected chi connectivity index (χ3v) is 5.16. The number of benzene rings is 2. The van der Waals surface area contributed by atoms with E-state index in [1.54, 1.807) is 7.11 Å². The Morgan fingerprint density at radius 2 is 1.88 bits per heavy atom. The van der Waals surface area contributed by atoms with Crippen LogP contribution in [0.2, 0.25) is 0 Å². The molecule has 0 saturated carbocycles. The van der Waals surface area contributed by atoms with Crippen molar-refractivity contribution in [1.29, 1.82) is 0 Å². The van der Waals surface area contributed by atoms with Gasteiger partial charge in [-0.05, 0) is 73.9 Å². The summed E-state index contributed by atoms with van der Waals surface area (Å²) in [6, 6.07) is 13.0. The summed E-state index contributed by atoms with van der Waals surface area (Å²) in [6.07, 6.45) is 5.89. The van der Waals surface area contributed by atoms with Gasteiger partial charge < -0.3 is 15.2 Å². The standard InChI is InChI=1S/C22H29NO2/c1-3-25-22-19(9-6-10-21(22)24-2)14-20(15-23)18-12-11-16-7-4-5-8-17(16)13-18/h6,9-13,20H,3-5,7-8,14-15,23H2,1-2H3. The second-order valence-electron chi connectivity index (χ2n) is 6.75. The Kier molecular flexibility index (Phi) is 5.98. The molecule has 0 fully saturated rings. The minimum Gasteiger partial charge on any atom is -0.493 e. The fourth-order valence-electron chi connectivity index (χ4n) is 3.80. The molecule has 0 radical (unpaired) electrons. The minimum absolute atomic E-state index is 0.290. The van der Waals surface area contributed by atoms with Gasteiger partial charge in [-0.3, -0.25) is 0 Å². The first kappa shape index (κ1) is 17.8. The maximum atomic E-state index is 6.15.